The highest BCUT2D eigenvalue weighted by Gasteiger charge is 2.34. The highest BCUT2D eigenvalue weighted by Crippen LogP contribution is 2.34. The monoisotopic (exact) mass is 432 g/mol. The molecule has 0 bridgehead atoms. The lowest BCUT2D eigenvalue weighted by Gasteiger charge is -2.21. The quantitative estimate of drug-likeness (QED) is 0.332. The minimum Gasteiger partial charge on any atom is -0.475 e. The molecule has 1 heterocycles. The van der Waals surface area contributed by atoms with Crippen LogP contribution in [-0.4, -0.2) is 29.6 Å². The Hall–Kier alpha value is -1.26. The summed E-state index contributed by atoms with van der Waals surface area (Å²) >= 11 is 0. The summed E-state index contributed by atoms with van der Waals surface area (Å²) in [5, 5.41) is 2.93. The van der Waals surface area contributed by atoms with E-state index in [1.807, 2.05) is 20.8 Å². The van der Waals surface area contributed by atoms with E-state index in [2.05, 4.69) is 15.3 Å². The topological polar surface area (TPSA) is 72.5 Å². The fraction of sp³-hybridized carbons (Fsp3) is 0.538. The van der Waals surface area contributed by atoms with E-state index in [1.165, 1.54) is 12.3 Å². The number of nitrogens with zero attached hydrogens (tertiary/aromatic N) is 2. The predicted octanol–water partition coefficient (Wildman–Crippen LogP) is 2.80. The standard InChI is InChI=1S/C13H19F3N4O.HI/c1-12(2,3)20-11(17)19-7-8-21-10-9(13(14,15)16)5-4-6-18-10;/h4-6H,7-8H2,1-3H3,(H3,17,19,20);1H. The molecule has 1 rings (SSSR count). The van der Waals surface area contributed by atoms with Crippen LogP contribution in [0.3, 0.4) is 0 Å². The van der Waals surface area contributed by atoms with Gasteiger partial charge in [-0.1, -0.05) is 0 Å². The second-order valence-corrected chi connectivity index (χ2v) is 5.34. The van der Waals surface area contributed by atoms with Gasteiger partial charge in [0.1, 0.15) is 12.2 Å². The van der Waals surface area contributed by atoms with Gasteiger partial charge in [0.15, 0.2) is 5.96 Å². The number of halogens is 4. The lowest BCUT2D eigenvalue weighted by molar-refractivity contribution is -0.139. The van der Waals surface area contributed by atoms with Gasteiger partial charge in [-0.3, -0.25) is 0 Å². The smallest absolute Gasteiger partial charge is 0.421 e. The van der Waals surface area contributed by atoms with Crippen molar-refractivity contribution >= 4 is 29.9 Å². The van der Waals surface area contributed by atoms with Crippen molar-refractivity contribution < 1.29 is 17.9 Å². The maximum atomic E-state index is 12.7. The highest BCUT2D eigenvalue weighted by molar-refractivity contribution is 14.0. The predicted molar refractivity (Wildman–Crippen MR) is 89.5 cm³/mol. The van der Waals surface area contributed by atoms with E-state index in [9.17, 15) is 13.2 Å². The van der Waals surface area contributed by atoms with Crippen molar-refractivity contribution in [3.05, 3.63) is 23.9 Å². The van der Waals surface area contributed by atoms with Crippen molar-refractivity contribution in [3.63, 3.8) is 0 Å². The van der Waals surface area contributed by atoms with Gasteiger partial charge in [0.2, 0.25) is 5.88 Å². The van der Waals surface area contributed by atoms with Gasteiger partial charge in [-0.05, 0) is 32.9 Å². The highest BCUT2D eigenvalue weighted by atomic mass is 127. The van der Waals surface area contributed by atoms with Crippen molar-refractivity contribution in [2.75, 3.05) is 13.2 Å². The number of nitrogens with one attached hydrogen (secondary N) is 1. The molecule has 0 radical (unpaired) electrons. The molecule has 0 aliphatic rings. The first kappa shape index (κ1) is 20.7. The van der Waals surface area contributed by atoms with Gasteiger partial charge in [-0.2, -0.15) is 13.2 Å². The van der Waals surface area contributed by atoms with Crippen LogP contribution in [0.15, 0.2) is 23.3 Å². The minimum atomic E-state index is -4.50. The SMILES string of the molecule is CC(C)(C)NC(N)=NCCOc1ncccc1C(F)(F)F.I. The third-order valence-corrected chi connectivity index (χ3v) is 2.19. The molecule has 0 aliphatic heterocycles. The van der Waals surface area contributed by atoms with Crippen molar-refractivity contribution in [2.24, 2.45) is 10.7 Å². The van der Waals surface area contributed by atoms with Gasteiger partial charge < -0.3 is 15.8 Å². The molecule has 0 saturated heterocycles. The van der Waals surface area contributed by atoms with Gasteiger partial charge in [-0.15, -0.1) is 24.0 Å². The Morgan fingerprint density at radius 3 is 2.55 bits per heavy atom. The van der Waals surface area contributed by atoms with Gasteiger partial charge in [0.25, 0.3) is 0 Å². The first-order chi connectivity index (χ1) is 9.59. The molecule has 0 saturated carbocycles. The third kappa shape index (κ3) is 7.66. The molecular formula is C13H20F3IN4O. The third-order valence-electron chi connectivity index (χ3n) is 2.19. The van der Waals surface area contributed by atoms with Gasteiger partial charge in [-0.25, -0.2) is 9.98 Å². The van der Waals surface area contributed by atoms with E-state index < -0.39 is 17.6 Å². The second-order valence-electron chi connectivity index (χ2n) is 5.34. The fourth-order valence-corrected chi connectivity index (χ4v) is 1.45. The number of pyridine rings is 1. The summed E-state index contributed by atoms with van der Waals surface area (Å²) < 4.78 is 43.1. The van der Waals surface area contributed by atoms with E-state index in [0.29, 0.717) is 0 Å². The number of hydrogen-bond acceptors (Lipinski definition) is 3. The molecule has 0 unspecified atom stereocenters. The molecule has 1 aromatic heterocycles. The number of hydrogen-bond donors (Lipinski definition) is 2. The minimum absolute atomic E-state index is 0. The average molecular weight is 432 g/mol. The molecule has 3 N–H and O–H groups in total. The molecule has 9 heteroatoms. The van der Waals surface area contributed by atoms with Crippen LogP contribution in [0.4, 0.5) is 13.2 Å². The van der Waals surface area contributed by atoms with Crippen molar-refractivity contribution in [1.29, 1.82) is 0 Å². The number of aliphatic imine (C=N–C) groups is 1. The van der Waals surface area contributed by atoms with E-state index >= 15 is 0 Å². The molecule has 22 heavy (non-hydrogen) atoms. The van der Waals surface area contributed by atoms with Crippen molar-refractivity contribution in [1.82, 2.24) is 10.3 Å². The van der Waals surface area contributed by atoms with Crippen LogP contribution >= 0.6 is 24.0 Å². The zero-order chi connectivity index (χ0) is 16.1. The van der Waals surface area contributed by atoms with Crippen LogP contribution in [0.25, 0.3) is 0 Å². The summed E-state index contributed by atoms with van der Waals surface area (Å²) in [5.74, 6) is -0.245. The van der Waals surface area contributed by atoms with Gasteiger partial charge in [0.05, 0.1) is 6.54 Å². The Balaban J connectivity index is 0.00000441. The first-order valence-electron chi connectivity index (χ1n) is 6.33. The second kappa shape index (κ2) is 8.39. The Kier molecular flexibility index (Phi) is 7.91. The maximum Gasteiger partial charge on any atom is 0.421 e. The van der Waals surface area contributed by atoms with Gasteiger partial charge in [0, 0.05) is 11.7 Å². The van der Waals surface area contributed by atoms with E-state index in [-0.39, 0.29) is 48.6 Å². The molecule has 5 nitrogen and oxygen atoms in total. The normalized spacial score (nSPS) is 12.5. The lowest BCUT2D eigenvalue weighted by atomic mass is 10.1. The number of rotatable bonds is 4. The number of nitrogens with two attached hydrogens (primary N) is 1. The molecule has 1 aromatic rings. The Morgan fingerprint density at radius 2 is 2.00 bits per heavy atom. The zero-order valence-corrected chi connectivity index (χ0v) is 14.9. The largest absolute Gasteiger partial charge is 0.475 e. The molecule has 0 atom stereocenters. The van der Waals surface area contributed by atoms with E-state index in [4.69, 9.17) is 10.5 Å². The Labute approximate surface area is 144 Å². The van der Waals surface area contributed by atoms with Crippen LogP contribution in [0.2, 0.25) is 0 Å². The van der Waals surface area contributed by atoms with Gasteiger partial charge >= 0.3 is 6.18 Å². The molecular weight excluding hydrogens is 412 g/mol. The first-order valence-corrected chi connectivity index (χ1v) is 6.33. The van der Waals surface area contributed by atoms with Crippen LogP contribution in [0.1, 0.15) is 26.3 Å². The summed E-state index contributed by atoms with van der Waals surface area (Å²) in [4.78, 5) is 7.55. The summed E-state index contributed by atoms with van der Waals surface area (Å²) in [6.45, 7) is 5.82. The summed E-state index contributed by atoms with van der Waals surface area (Å²) in [7, 11) is 0. The average Bonchev–Trinajstić information content (AvgIpc) is 2.32. The van der Waals surface area contributed by atoms with E-state index in [1.54, 1.807) is 0 Å². The number of ether oxygens (including phenoxy) is 1. The van der Waals surface area contributed by atoms with E-state index in [0.717, 1.165) is 6.07 Å². The van der Waals surface area contributed by atoms with Crippen molar-refractivity contribution in [2.45, 2.75) is 32.5 Å². The Morgan fingerprint density at radius 1 is 1.36 bits per heavy atom. The number of aromatic nitrogens is 1. The summed E-state index contributed by atoms with van der Waals surface area (Å²) in [6.07, 6.45) is -3.26. The fourth-order valence-electron chi connectivity index (χ4n) is 1.45. The number of alkyl halides is 3. The van der Waals surface area contributed by atoms with Crippen molar-refractivity contribution in [3.8, 4) is 5.88 Å². The molecule has 0 spiro atoms. The van der Waals surface area contributed by atoms with Crippen LogP contribution < -0.4 is 15.8 Å². The van der Waals surface area contributed by atoms with Crippen LogP contribution in [0.5, 0.6) is 5.88 Å². The maximum absolute atomic E-state index is 12.7. The van der Waals surface area contributed by atoms with Crippen LogP contribution in [-0.2, 0) is 6.18 Å². The summed E-state index contributed by atoms with van der Waals surface area (Å²) in [5.41, 5.74) is 4.48. The Bertz CT molecular complexity index is 501. The number of guanidine groups is 1. The zero-order valence-electron chi connectivity index (χ0n) is 12.6. The molecule has 0 amide bonds. The molecule has 0 aliphatic carbocycles. The molecule has 0 fully saturated rings. The molecule has 0 aromatic carbocycles. The summed E-state index contributed by atoms with van der Waals surface area (Å²) in [6, 6.07) is 2.13. The lowest BCUT2D eigenvalue weighted by Crippen LogP contribution is -2.45. The molecule has 126 valence electrons. The van der Waals surface area contributed by atoms with Crippen LogP contribution in [0, 0.1) is 0 Å².